The van der Waals surface area contributed by atoms with Crippen LogP contribution in [-0.2, 0) is 0 Å². The van der Waals surface area contributed by atoms with Gasteiger partial charge in [0, 0.05) is 47.3 Å². The average molecular weight is 617 g/mol. The van der Waals surface area contributed by atoms with Gasteiger partial charge < -0.3 is 9.38 Å². The predicted molar refractivity (Wildman–Crippen MR) is 198 cm³/mol. The third-order valence-electron chi connectivity index (χ3n) is 10.6. The largest absolute Gasteiger partial charge is 0.375 e. The van der Waals surface area contributed by atoms with E-state index in [-0.39, 0.29) is 6.85 Å². The Hall–Kier alpha value is -5.45. The van der Waals surface area contributed by atoms with E-state index >= 15 is 0 Å². The Morgan fingerprint density at radius 3 is 2.00 bits per heavy atom. The van der Waals surface area contributed by atoms with Crippen molar-refractivity contribution < 1.29 is 0 Å². The Balaban J connectivity index is 1.35. The summed E-state index contributed by atoms with van der Waals surface area (Å²) >= 11 is 0. The molecule has 3 aliphatic heterocycles. The molecule has 0 spiro atoms. The SMILES string of the molecule is Cc1cc2c3c(c1)-n1c4ccccc4c4cccc(c41)B3N1c3ccccc3S(c3ccccc3)(c3ccccc3)c3cccc-2c31. The van der Waals surface area contributed by atoms with E-state index in [9.17, 15) is 0 Å². The Labute approximate surface area is 276 Å². The minimum Gasteiger partial charge on any atom is -0.375 e. The van der Waals surface area contributed by atoms with Gasteiger partial charge in [-0.1, -0.05) is 103 Å². The van der Waals surface area contributed by atoms with Crippen LogP contribution in [0.5, 0.6) is 0 Å². The minimum absolute atomic E-state index is 0.0415. The first-order valence-electron chi connectivity index (χ1n) is 16.4. The molecule has 220 valence electrons. The number of aromatic nitrogens is 1. The summed E-state index contributed by atoms with van der Waals surface area (Å²) in [5.41, 5.74) is 13.3. The van der Waals surface area contributed by atoms with Gasteiger partial charge in [0.2, 0.25) is 0 Å². The molecule has 47 heavy (non-hydrogen) atoms. The maximum absolute atomic E-state index is 2.72. The zero-order valence-corrected chi connectivity index (χ0v) is 26.7. The van der Waals surface area contributed by atoms with Gasteiger partial charge in [0.1, 0.15) is 0 Å². The minimum atomic E-state index is -1.82. The van der Waals surface area contributed by atoms with Crippen LogP contribution in [0.2, 0.25) is 0 Å². The van der Waals surface area contributed by atoms with E-state index in [2.05, 4.69) is 174 Å². The van der Waals surface area contributed by atoms with Gasteiger partial charge in [0.25, 0.3) is 0 Å². The Bertz CT molecular complexity index is 2570. The number of nitrogens with zero attached hydrogens (tertiary/aromatic N) is 2. The molecule has 1 aromatic heterocycles. The van der Waals surface area contributed by atoms with Crippen molar-refractivity contribution in [2.24, 2.45) is 0 Å². The van der Waals surface area contributed by atoms with E-state index in [4.69, 9.17) is 0 Å². The lowest BCUT2D eigenvalue weighted by Gasteiger charge is -2.54. The molecule has 4 heteroatoms. The smallest absolute Gasteiger partial charge is 0.333 e. The van der Waals surface area contributed by atoms with Crippen LogP contribution < -0.4 is 15.7 Å². The molecular weight excluding hydrogens is 587 g/mol. The Morgan fingerprint density at radius 1 is 0.532 bits per heavy atom. The highest BCUT2D eigenvalue weighted by Crippen LogP contribution is 2.80. The normalized spacial score (nSPS) is 15.3. The number of para-hydroxylation sites is 4. The molecule has 0 saturated heterocycles. The summed E-state index contributed by atoms with van der Waals surface area (Å²) in [4.78, 5) is 8.27. The summed E-state index contributed by atoms with van der Waals surface area (Å²) in [5, 5.41) is 2.64. The van der Waals surface area contributed by atoms with Crippen LogP contribution in [0.25, 0.3) is 38.6 Å². The Kier molecular flexibility index (Phi) is 4.97. The topological polar surface area (TPSA) is 8.17 Å². The highest BCUT2D eigenvalue weighted by Gasteiger charge is 2.51. The summed E-state index contributed by atoms with van der Waals surface area (Å²) in [6, 6.07) is 59.7. The number of aryl methyl sites for hydroxylation is 1. The number of anilines is 2. The quantitative estimate of drug-likeness (QED) is 0.176. The van der Waals surface area contributed by atoms with Crippen LogP contribution in [-0.4, -0.2) is 11.4 Å². The zero-order valence-electron chi connectivity index (χ0n) is 25.9. The molecule has 4 heterocycles. The van der Waals surface area contributed by atoms with Gasteiger partial charge in [-0.05, 0) is 83.6 Å². The fourth-order valence-corrected chi connectivity index (χ4v) is 13.2. The molecule has 0 aliphatic carbocycles. The van der Waals surface area contributed by atoms with Crippen molar-refractivity contribution >= 4 is 61.0 Å². The summed E-state index contributed by atoms with van der Waals surface area (Å²) in [6.07, 6.45) is 0. The predicted octanol–water partition coefficient (Wildman–Crippen LogP) is 9.98. The molecule has 0 amide bonds. The number of fused-ring (bicyclic) bond motifs is 9. The van der Waals surface area contributed by atoms with Crippen LogP contribution >= 0.6 is 10.0 Å². The van der Waals surface area contributed by atoms with Crippen molar-refractivity contribution in [1.82, 2.24) is 4.57 Å². The summed E-state index contributed by atoms with van der Waals surface area (Å²) in [7, 11) is -1.82. The first kappa shape index (κ1) is 25.7. The molecule has 3 aliphatic rings. The van der Waals surface area contributed by atoms with E-state index in [1.54, 1.807) is 0 Å². The van der Waals surface area contributed by atoms with Crippen molar-refractivity contribution in [3.8, 4) is 16.8 Å². The van der Waals surface area contributed by atoms with E-state index in [0.717, 1.165) is 0 Å². The number of rotatable bonds is 2. The highest BCUT2D eigenvalue weighted by atomic mass is 32.3. The summed E-state index contributed by atoms with van der Waals surface area (Å²) < 4.78 is 2.55. The van der Waals surface area contributed by atoms with Gasteiger partial charge in [-0.2, -0.15) is 0 Å². The second-order valence-electron chi connectivity index (χ2n) is 13.0. The number of benzene rings is 7. The second kappa shape index (κ2) is 9.09. The molecule has 0 atom stereocenters. The second-order valence-corrected chi connectivity index (χ2v) is 16.0. The van der Waals surface area contributed by atoms with E-state index < -0.39 is 10.0 Å². The lowest BCUT2D eigenvalue weighted by Crippen LogP contribution is -2.61. The maximum Gasteiger partial charge on any atom is 0.333 e. The third kappa shape index (κ3) is 3.05. The molecule has 0 bridgehead atoms. The monoisotopic (exact) mass is 616 g/mol. The van der Waals surface area contributed by atoms with Gasteiger partial charge >= 0.3 is 6.85 Å². The Morgan fingerprint density at radius 2 is 1.19 bits per heavy atom. The van der Waals surface area contributed by atoms with E-state index in [1.807, 2.05) is 0 Å². The van der Waals surface area contributed by atoms with Gasteiger partial charge in [-0.15, -0.1) is 10.0 Å². The standard InChI is InChI=1S/C43H29BN2S/c1-28-26-34-33-20-13-25-40-43(33)46(37-23-10-11-24-39(37)47(40,29-14-4-2-5-15-29)30-16-6-3-7-17-30)44-35-21-12-19-32-31-18-8-9-22-36(31)45(42(32)35)38(27-28)41(34)44/h2-27H,1H3. The van der Waals surface area contributed by atoms with Crippen molar-refractivity contribution in [3.63, 3.8) is 0 Å². The van der Waals surface area contributed by atoms with Crippen molar-refractivity contribution in [3.05, 3.63) is 163 Å². The molecule has 11 rings (SSSR count). The van der Waals surface area contributed by atoms with Gasteiger partial charge in [0.05, 0.1) is 16.7 Å². The van der Waals surface area contributed by atoms with Crippen LogP contribution in [0.3, 0.4) is 0 Å². The first-order chi connectivity index (χ1) is 23.3. The summed E-state index contributed by atoms with van der Waals surface area (Å²) in [5.74, 6) is 0. The highest BCUT2D eigenvalue weighted by molar-refractivity contribution is 8.34. The van der Waals surface area contributed by atoms with Crippen LogP contribution in [0.15, 0.2) is 177 Å². The lowest BCUT2D eigenvalue weighted by molar-refractivity contribution is 1.13. The fourth-order valence-electron chi connectivity index (χ4n) is 8.96. The molecule has 0 radical (unpaired) electrons. The van der Waals surface area contributed by atoms with Gasteiger partial charge in [0.15, 0.2) is 0 Å². The molecule has 8 aromatic rings. The number of hydrogen-bond donors (Lipinski definition) is 0. The number of hydrogen-bond acceptors (Lipinski definition) is 1. The molecule has 0 saturated carbocycles. The molecule has 7 aromatic carbocycles. The van der Waals surface area contributed by atoms with Gasteiger partial charge in [-0.25, -0.2) is 0 Å². The molecule has 0 unspecified atom stereocenters. The van der Waals surface area contributed by atoms with Crippen LogP contribution in [0.1, 0.15) is 5.56 Å². The zero-order chi connectivity index (χ0) is 30.9. The van der Waals surface area contributed by atoms with E-state index in [0.29, 0.717) is 0 Å². The fraction of sp³-hybridized carbons (Fsp3) is 0.0233. The molecule has 0 fully saturated rings. The lowest BCUT2D eigenvalue weighted by atomic mass is 9.44. The third-order valence-corrected chi connectivity index (χ3v) is 14.6. The average Bonchev–Trinajstić information content (AvgIpc) is 3.47. The summed E-state index contributed by atoms with van der Waals surface area (Å²) in [6.45, 7) is 2.30. The van der Waals surface area contributed by atoms with E-state index in [1.165, 1.54) is 86.1 Å². The van der Waals surface area contributed by atoms with Crippen LogP contribution in [0, 0.1) is 6.92 Å². The van der Waals surface area contributed by atoms with Gasteiger partial charge in [-0.3, -0.25) is 0 Å². The maximum atomic E-state index is 2.72. The molecular formula is C43H29BN2S. The molecule has 2 nitrogen and oxygen atoms in total. The van der Waals surface area contributed by atoms with Crippen LogP contribution in [0.4, 0.5) is 11.4 Å². The van der Waals surface area contributed by atoms with Crippen molar-refractivity contribution in [2.75, 3.05) is 4.81 Å². The van der Waals surface area contributed by atoms with Crippen molar-refractivity contribution in [2.45, 2.75) is 26.5 Å². The first-order valence-corrected chi connectivity index (χ1v) is 18.0. The van der Waals surface area contributed by atoms with Crippen molar-refractivity contribution in [1.29, 1.82) is 0 Å². The molecule has 0 N–H and O–H groups in total.